The van der Waals surface area contributed by atoms with E-state index in [1.165, 1.54) is 4.90 Å². The molecule has 0 radical (unpaired) electrons. The van der Waals surface area contributed by atoms with Gasteiger partial charge in [-0.3, -0.25) is 10.2 Å². The first-order valence-electron chi connectivity index (χ1n) is 7.95. The maximum atomic E-state index is 12.3. The second kappa shape index (κ2) is 8.19. The van der Waals surface area contributed by atoms with Gasteiger partial charge in [0.15, 0.2) is 0 Å². The van der Waals surface area contributed by atoms with Crippen LogP contribution in [-0.2, 0) is 4.74 Å². The molecule has 0 heterocycles. The first kappa shape index (κ1) is 18.3. The minimum atomic E-state index is -0.560. The fraction of sp³-hybridized carbons (Fsp3) is 0.263. The standard InChI is InChI=1S/C19H22N2O4/c1-13(2)24-18(22)20-15-6-5-7-17(12-15)25-19(23)21(4)16-10-8-14(3)9-11-16/h5-13H,1-4H3,(H,20,22). The maximum Gasteiger partial charge on any atom is 0.419 e. The van der Waals surface area contributed by atoms with Crippen LogP contribution in [0.1, 0.15) is 19.4 Å². The van der Waals surface area contributed by atoms with Gasteiger partial charge in [-0.05, 0) is 45.0 Å². The van der Waals surface area contributed by atoms with Crippen LogP contribution in [0.3, 0.4) is 0 Å². The van der Waals surface area contributed by atoms with Gasteiger partial charge in [0.1, 0.15) is 5.75 Å². The smallest absolute Gasteiger partial charge is 0.419 e. The summed E-state index contributed by atoms with van der Waals surface area (Å²) in [4.78, 5) is 25.3. The van der Waals surface area contributed by atoms with Crippen molar-refractivity contribution < 1.29 is 19.1 Å². The highest BCUT2D eigenvalue weighted by molar-refractivity contribution is 5.89. The number of hydrogen-bond acceptors (Lipinski definition) is 4. The first-order valence-corrected chi connectivity index (χ1v) is 7.95. The molecule has 2 rings (SSSR count). The summed E-state index contributed by atoms with van der Waals surface area (Å²) in [6.07, 6.45) is -1.30. The topological polar surface area (TPSA) is 67.9 Å². The predicted molar refractivity (Wildman–Crippen MR) is 97.3 cm³/mol. The van der Waals surface area contributed by atoms with Crippen LogP contribution in [0.2, 0.25) is 0 Å². The van der Waals surface area contributed by atoms with Gasteiger partial charge in [-0.15, -0.1) is 0 Å². The molecule has 0 saturated carbocycles. The lowest BCUT2D eigenvalue weighted by Gasteiger charge is -2.17. The van der Waals surface area contributed by atoms with E-state index in [2.05, 4.69) is 5.32 Å². The average molecular weight is 342 g/mol. The van der Waals surface area contributed by atoms with Crippen molar-refractivity contribution in [2.45, 2.75) is 26.9 Å². The summed E-state index contributed by atoms with van der Waals surface area (Å²) >= 11 is 0. The van der Waals surface area contributed by atoms with E-state index in [4.69, 9.17) is 9.47 Å². The molecule has 25 heavy (non-hydrogen) atoms. The van der Waals surface area contributed by atoms with Gasteiger partial charge in [-0.1, -0.05) is 23.8 Å². The van der Waals surface area contributed by atoms with Crippen molar-refractivity contribution in [2.75, 3.05) is 17.3 Å². The van der Waals surface area contributed by atoms with Crippen LogP contribution >= 0.6 is 0 Å². The van der Waals surface area contributed by atoms with Gasteiger partial charge >= 0.3 is 12.2 Å². The number of carbonyl (C=O) groups is 2. The number of carbonyl (C=O) groups excluding carboxylic acids is 2. The van der Waals surface area contributed by atoms with Crippen LogP contribution in [-0.4, -0.2) is 25.3 Å². The van der Waals surface area contributed by atoms with E-state index in [0.717, 1.165) is 11.3 Å². The van der Waals surface area contributed by atoms with E-state index in [1.54, 1.807) is 45.2 Å². The summed E-state index contributed by atoms with van der Waals surface area (Å²) in [5.41, 5.74) is 2.32. The van der Waals surface area contributed by atoms with E-state index < -0.39 is 12.2 Å². The Hall–Kier alpha value is -3.02. The molecule has 132 valence electrons. The monoisotopic (exact) mass is 342 g/mol. The van der Waals surface area contributed by atoms with Gasteiger partial charge in [0.05, 0.1) is 6.10 Å². The highest BCUT2D eigenvalue weighted by atomic mass is 16.6. The zero-order valence-electron chi connectivity index (χ0n) is 14.8. The maximum absolute atomic E-state index is 12.3. The summed E-state index contributed by atoms with van der Waals surface area (Å²) < 4.78 is 10.4. The third-order valence-electron chi connectivity index (χ3n) is 3.32. The molecule has 6 heteroatoms. The molecule has 0 saturated heterocycles. The Balaban J connectivity index is 2.02. The normalized spacial score (nSPS) is 10.3. The lowest BCUT2D eigenvalue weighted by molar-refractivity contribution is 0.130. The quantitative estimate of drug-likeness (QED) is 0.882. The van der Waals surface area contributed by atoms with E-state index in [9.17, 15) is 9.59 Å². The molecular weight excluding hydrogens is 320 g/mol. The molecule has 0 aliphatic heterocycles. The number of benzene rings is 2. The second-order valence-electron chi connectivity index (χ2n) is 5.87. The molecule has 0 unspecified atom stereocenters. The average Bonchev–Trinajstić information content (AvgIpc) is 2.54. The lowest BCUT2D eigenvalue weighted by Crippen LogP contribution is -2.29. The molecule has 2 aromatic carbocycles. The number of nitrogens with zero attached hydrogens (tertiary/aromatic N) is 1. The zero-order chi connectivity index (χ0) is 18.4. The number of anilines is 2. The van der Waals surface area contributed by atoms with Crippen molar-refractivity contribution in [3.8, 4) is 5.75 Å². The summed E-state index contributed by atoms with van der Waals surface area (Å²) in [6.45, 7) is 5.50. The zero-order valence-corrected chi connectivity index (χ0v) is 14.8. The second-order valence-corrected chi connectivity index (χ2v) is 5.87. The van der Waals surface area contributed by atoms with Crippen molar-refractivity contribution in [2.24, 2.45) is 0 Å². The Kier molecular flexibility index (Phi) is 6.00. The Bertz CT molecular complexity index is 741. The fourth-order valence-corrected chi connectivity index (χ4v) is 2.04. The highest BCUT2D eigenvalue weighted by Crippen LogP contribution is 2.20. The largest absolute Gasteiger partial charge is 0.447 e. The van der Waals surface area contributed by atoms with Crippen LogP contribution in [0.5, 0.6) is 5.75 Å². The van der Waals surface area contributed by atoms with Crippen molar-refractivity contribution >= 4 is 23.6 Å². The number of rotatable bonds is 4. The van der Waals surface area contributed by atoms with Crippen molar-refractivity contribution in [3.05, 3.63) is 54.1 Å². The molecule has 0 atom stereocenters. The van der Waals surface area contributed by atoms with Crippen molar-refractivity contribution in [1.82, 2.24) is 0 Å². The molecule has 0 aliphatic carbocycles. The van der Waals surface area contributed by atoms with Gasteiger partial charge in [0.2, 0.25) is 0 Å². The number of aryl methyl sites for hydroxylation is 1. The molecule has 0 spiro atoms. The molecule has 0 fully saturated rings. The molecule has 1 N–H and O–H groups in total. The first-order chi connectivity index (χ1) is 11.8. The van der Waals surface area contributed by atoms with Crippen molar-refractivity contribution in [1.29, 1.82) is 0 Å². The summed E-state index contributed by atoms with van der Waals surface area (Å²) in [5.74, 6) is 0.325. The Morgan fingerprint density at radius 2 is 1.76 bits per heavy atom. The fourth-order valence-electron chi connectivity index (χ4n) is 2.04. The Morgan fingerprint density at radius 3 is 2.40 bits per heavy atom. The van der Waals surface area contributed by atoms with Crippen LogP contribution in [0.15, 0.2) is 48.5 Å². The molecular formula is C19H22N2O4. The van der Waals surface area contributed by atoms with Crippen LogP contribution in [0.4, 0.5) is 21.0 Å². The summed E-state index contributed by atoms with van der Waals surface area (Å²) in [7, 11) is 1.63. The number of hydrogen-bond donors (Lipinski definition) is 1. The molecule has 2 aromatic rings. The van der Waals surface area contributed by atoms with Crippen molar-refractivity contribution in [3.63, 3.8) is 0 Å². The predicted octanol–water partition coefficient (Wildman–Crippen LogP) is 4.59. The van der Waals surface area contributed by atoms with Gasteiger partial charge in [-0.25, -0.2) is 9.59 Å². The van der Waals surface area contributed by atoms with E-state index >= 15 is 0 Å². The minimum absolute atomic E-state index is 0.218. The number of nitrogens with one attached hydrogen (secondary N) is 1. The summed E-state index contributed by atoms with van der Waals surface area (Å²) in [6, 6.07) is 14.1. The van der Waals surface area contributed by atoms with E-state index in [1.807, 2.05) is 31.2 Å². The van der Waals surface area contributed by atoms with Gasteiger partial charge in [0.25, 0.3) is 0 Å². The third-order valence-corrected chi connectivity index (χ3v) is 3.32. The molecule has 6 nitrogen and oxygen atoms in total. The SMILES string of the molecule is Cc1ccc(N(C)C(=O)Oc2cccc(NC(=O)OC(C)C)c2)cc1. The molecule has 2 amide bonds. The molecule has 0 aliphatic rings. The number of amides is 2. The highest BCUT2D eigenvalue weighted by Gasteiger charge is 2.14. The number of ether oxygens (including phenoxy) is 2. The Morgan fingerprint density at radius 1 is 1.08 bits per heavy atom. The van der Waals surface area contributed by atoms with E-state index in [0.29, 0.717) is 11.4 Å². The van der Waals surface area contributed by atoms with Crippen LogP contribution in [0.25, 0.3) is 0 Å². The van der Waals surface area contributed by atoms with Gasteiger partial charge in [-0.2, -0.15) is 0 Å². The van der Waals surface area contributed by atoms with Crippen LogP contribution in [0, 0.1) is 6.92 Å². The minimum Gasteiger partial charge on any atom is -0.447 e. The lowest BCUT2D eigenvalue weighted by atomic mass is 10.2. The van der Waals surface area contributed by atoms with Gasteiger partial charge in [0, 0.05) is 24.5 Å². The van der Waals surface area contributed by atoms with E-state index in [-0.39, 0.29) is 6.10 Å². The Labute approximate surface area is 147 Å². The molecule has 0 bridgehead atoms. The van der Waals surface area contributed by atoms with Gasteiger partial charge < -0.3 is 9.47 Å². The molecule has 0 aromatic heterocycles. The van der Waals surface area contributed by atoms with Crippen LogP contribution < -0.4 is 15.0 Å². The third kappa shape index (κ3) is 5.53. The summed E-state index contributed by atoms with van der Waals surface area (Å²) in [5, 5.41) is 2.59.